The van der Waals surface area contributed by atoms with Crippen molar-refractivity contribution in [3.05, 3.63) is 12.0 Å². The maximum absolute atomic E-state index is 4.86. The van der Waals surface area contributed by atoms with E-state index in [1.54, 1.807) is 0 Å². The first kappa shape index (κ1) is 5.67. The van der Waals surface area contributed by atoms with Gasteiger partial charge in [0.15, 0.2) is 11.4 Å². The Balaban J connectivity index is 2.39. The highest BCUT2D eigenvalue weighted by Gasteiger charge is 2.12. The highest BCUT2D eigenvalue weighted by atomic mass is 32.1. The van der Waals surface area contributed by atoms with Gasteiger partial charge in [0.25, 0.3) is 0 Å². The number of H-pyrrole nitrogens is 1. The second-order valence-electron chi connectivity index (χ2n) is 1.98. The van der Waals surface area contributed by atoms with Crippen LogP contribution in [-0.4, -0.2) is 15.1 Å². The summed E-state index contributed by atoms with van der Waals surface area (Å²) in [7, 11) is 0. The molecule has 0 aliphatic carbocycles. The highest BCUT2D eigenvalue weighted by Crippen LogP contribution is 2.11. The Morgan fingerprint density at radius 1 is 1.60 bits per heavy atom. The SMILES string of the molecule is S=C1NCc2n[c][nH]c2N1. The summed E-state index contributed by atoms with van der Waals surface area (Å²) in [6, 6.07) is 0. The van der Waals surface area contributed by atoms with Crippen LogP contribution in [0.4, 0.5) is 5.82 Å². The van der Waals surface area contributed by atoms with Gasteiger partial charge < -0.3 is 15.6 Å². The minimum atomic E-state index is 0.630. The maximum atomic E-state index is 4.86. The number of aromatic nitrogens is 2. The van der Waals surface area contributed by atoms with Gasteiger partial charge in [-0.15, -0.1) is 0 Å². The summed E-state index contributed by atoms with van der Waals surface area (Å²) in [4.78, 5) is 6.74. The summed E-state index contributed by atoms with van der Waals surface area (Å²) in [5.41, 5.74) is 0.925. The molecule has 51 valence electrons. The van der Waals surface area contributed by atoms with Crippen LogP contribution in [0.2, 0.25) is 0 Å². The van der Waals surface area contributed by atoms with Gasteiger partial charge in [0.05, 0.1) is 6.54 Å². The molecular formula is C5H5N4S. The summed E-state index contributed by atoms with van der Waals surface area (Å²) < 4.78 is 0. The van der Waals surface area contributed by atoms with Crippen LogP contribution >= 0.6 is 12.2 Å². The van der Waals surface area contributed by atoms with Gasteiger partial charge in [-0.3, -0.25) is 0 Å². The van der Waals surface area contributed by atoms with Crippen molar-refractivity contribution in [1.82, 2.24) is 15.3 Å². The van der Waals surface area contributed by atoms with Crippen LogP contribution in [0.1, 0.15) is 5.69 Å². The third-order valence-electron chi connectivity index (χ3n) is 1.32. The van der Waals surface area contributed by atoms with E-state index in [2.05, 4.69) is 26.9 Å². The zero-order chi connectivity index (χ0) is 6.97. The Kier molecular flexibility index (Phi) is 1.10. The number of imidazole rings is 1. The molecule has 4 nitrogen and oxygen atoms in total. The van der Waals surface area contributed by atoms with Gasteiger partial charge in [0.2, 0.25) is 0 Å². The lowest BCUT2D eigenvalue weighted by Gasteiger charge is -2.14. The molecule has 0 atom stereocenters. The van der Waals surface area contributed by atoms with E-state index in [1.165, 1.54) is 0 Å². The van der Waals surface area contributed by atoms with E-state index < -0.39 is 0 Å². The molecule has 1 radical (unpaired) electrons. The monoisotopic (exact) mass is 153 g/mol. The fraction of sp³-hybridized carbons (Fsp3) is 0.200. The zero-order valence-electron chi connectivity index (χ0n) is 5.06. The van der Waals surface area contributed by atoms with Crippen molar-refractivity contribution in [2.24, 2.45) is 0 Å². The Morgan fingerprint density at radius 2 is 2.50 bits per heavy atom. The first-order chi connectivity index (χ1) is 4.86. The molecule has 5 heteroatoms. The molecule has 1 aliphatic heterocycles. The van der Waals surface area contributed by atoms with Gasteiger partial charge in [0, 0.05) is 0 Å². The average molecular weight is 153 g/mol. The average Bonchev–Trinajstić information content (AvgIpc) is 2.33. The second kappa shape index (κ2) is 1.95. The minimum Gasteiger partial charge on any atom is -0.357 e. The second-order valence-corrected chi connectivity index (χ2v) is 2.39. The fourth-order valence-electron chi connectivity index (χ4n) is 0.832. The summed E-state index contributed by atoms with van der Waals surface area (Å²) in [6.45, 7) is 0.682. The topological polar surface area (TPSA) is 52.7 Å². The molecule has 0 spiro atoms. The predicted octanol–water partition coefficient (Wildman–Crippen LogP) is 0.00989. The number of nitrogens with one attached hydrogen (secondary N) is 3. The van der Waals surface area contributed by atoms with E-state index in [1.807, 2.05) is 0 Å². The third kappa shape index (κ3) is 0.750. The molecule has 1 aromatic rings. The van der Waals surface area contributed by atoms with Crippen LogP contribution in [0.3, 0.4) is 0 Å². The molecule has 1 aromatic heterocycles. The smallest absolute Gasteiger partial charge is 0.175 e. The number of fused-ring (bicyclic) bond motifs is 1. The predicted molar refractivity (Wildman–Crippen MR) is 40.5 cm³/mol. The minimum absolute atomic E-state index is 0.630. The van der Waals surface area contributed by atoms with Crippen molar-refractivity contribution in [2.75, 3.05) is 5.32 Å². The Bertz CT molecular complexity index is 266. The number of hydrogen-bond acceptors (Lipinski definition) is 2. The Morgan fingerprint density at radius 3 is 3.40 bits per heavy atom. The highest BCUT2D eigenvalue weighted by molar-refractivity contribution is 7.80. The van der Waals surface area contributed by atoms with Crippen LogP contribution in [0.25, 0.3) is 0 Å². The number of hydrogen-bond donors (Lipinski definition) is 3. The number of nitrogens with zero attached hydrogens (tertiary/aromatic N) is 1. The van der Waals surface area contributed by atoms with Crippen molar-refractivity contribution < 1.29 is 0 Å². The van der Waals surface area contributed by atoms with Gasteiger partial charge in [0.1, 0.15) is 11.5 Å². The van der Waals surface area contributed by atoms with Crippen LogP contribution in [-0.2, 0) is 6.54 Å². The molecule has 0 saturated carbocycles. The van der Waals surface area contributed by atoms with E-state index in [9.17, 15) is 0 Å². The largest absolute Gasteiger partial charge is 0.357 e. The molecular weight excluding hydrogens is 148 g/mol. The van der Waals surface area contributed by atoms with Gasteiger partial charge in [-0.2, -0.15) is 0 Å². The van der Waals surface area contributed by atoms with E-state index in [0.717, 1.165) is 11.5 Å². The Labute approximate surface area is 63.0 Å². The van der Waals surface area contributed by atoms with Gasteiger partial charge in [-0.05, 0) is 12.2 Å². The van der Waals surface area contributed by atoms with Crippen LogP contribution in [0.15, 0.2) is 0 Å². The quantitative estimate of drug-likeness (QED) is 0.459. The fourth-order valence-corrected chi connectivity index (χ4v) is 1.01. The lowest BCUT2D eigenvalue weighted by atomic mass is 10.4. The lowest BCUT2D eigenvalue weighted by Crippen LogP contribution is -2.33. The molecule has 0 unspecified atom stereocenters. The molecule has 0 saturated heterocycles. The van der Waals surface area contributed by atoms with Gasteiger partial charge in [-0.25, -0.2) is 4.98 Å². The Hall–Kier alpha value is -1.10. The zero-order valence-corrected chi connectivity index (χ0v) is 5.88. The van der Waals surface area contributed by atoms with Gasteiger partial charge >= 0.3 is 0 Å². The number of thiocarbonyl (C=S) groups is 1. The molecule has 2 heterocycles. The maximum Gasteiger partial charge on any atom is 0.175 e. The van der Waals surface area contributed by atoms with Crippen molar-refractivity contribution in [3.63, 3.8) is 0 Å². The molecule has 10 heavy (non-hydrogen) atoms. The standard InChI is InChI=1S/C5H5N4S/c10-5-6-1-3-4(9-5)8-2-7-3/h1H2,(H,7,8)(H2,6,9,10). The summed E-state index contributed by atoms with van der Waals surface area (Å²) >= 11 is 4.86. The van der Waals surface area contributed by atoms with Crippen LogP contribution < -0.4 is 10.6 Å². The molecule has 0 fully saturated rings. The molecule has 2 rings (SSSR count). The van der Waals surface area contributed by atoms with Crippen molar-refractivity contribution in [1.29, 1.82) is 0 Å². The molecule has 0 aromatic carbocycles. The van der Waals surface area contributed by atoms with Gasteiger partial charge in [-0.1, -0.05) is 0 Å². The van der Waals surface area contributed by atoms with E-state index in [4.69, 9.17) is 12.2 Å². The molecule has 0 amide bonds. The van der Waals surface area contributed by atoms with E-state index >= 15 is 0 Å². The lowest BCUT2D eigenvalue weighted by molar-refractivity contribution is 0.876. The van der Waals surface area contributed by atoms with Crippen LogP contribution in [0, 0.1) is 6.33 Å². The summed E-state index contributed by atoms with van der Waals surface area (Å²) in [5, 5.41) is 6.48. The molecule has 3 N–H and O–H groups in total. The van der Waals surface area contributed by atoms with E-state index in [0.29, 0.717) is 11.7 Å². The third-order valence-corrected chi connectivity index (χ3v) is 1.56. The number of aromatic amines is 1. The summed E-state index contributed by atoms with van der Waals surface area (Å²) in [5.74, 6) is 0.851. The van der Waals surface area contributed by atoms with Crippen molar-refractivity contribution in [2.45, 2.75) is 6.54 Å². The molecule has 1 aliphatic rings. The first-order valence-corrected chi connectivity index (χ1v) is 3.27. The number of rotatable bonds is 0. The van der Waals surface area contributed by atoms with E-state index in [-0.39, 0.29) is 0 Å². The van der Waals surface area contributed by atoms with Crippen LogP contribution in [0.5, 0.6) is 0 Å². The van der Waals surface area contributed by atoms with Crippen molar-refractivity contribution >= 4 is 23.1 Å². The normalized spacial score (nSPS) is 15.4. The van der Waals surface area contributed by atoms with Crippen molar-refractivity contribution in [3.8, 4) is 0 Å². The summed E-state index contributed by atoms with van der Waals surface area (Å²) in [6.07, 6.45) is 2.62. The molecule has 0 bridgehead atoms. The first-order valence-electron chi connectivity index (χ1n) is 2.86. The number of anilines is 1.